The molecule has 0 saturated carbocycles. The molecular formula is C11H19N3OS. The minimum Gasteiger partial charge on any atom is -0.339 e. The second kappa shape index (κ2) is 6.25. The molecule has 90 valence electrons. The van der Waals surface area contributed by atoms with Gasteiger partial charge in [-0.1, -0.05) is 5.16 Å². The second-order valence-electron chi connectivity index (χ2n) is 4.27. The third-order valence-electron chi connectivity index (χ3n) is 3.01. The lowest BCUT2D eigenvalue weighted by atomic mass is 9.93. The molecule has 1 aliphatic rings. The Morgan fingerprint density at radius 3 is 3.00 bits per heavy atom. The second-order valence-corrected chi connectivity index (χ2v) is 5.14. The van der Waals surface area contributed by atoms with E-state index in [4.69, 9.17) is 4.52 Å². The lowest BCUT2D eigenvalue weighted by Crippen LogP contribution is -2.27. The van der Waals surface area contributed by atoms with Crippen LogP contribution >= 0.6 is 11.8 Å². The van der Waals surface area contributed by atoms with Crippen LogP contribution in [0.3, 0.4) is 0 Å². The van der Waals surface area contributed by atoms with E-state index in [0.717, 1.165) is 42.9 Å². The molecule has 2 rings (SSSR count). The van der Waals surface area contributed by atoms with E-state index in [2.05, 4.69) is 15.5 Å². The van der Waals surface area contributed by atoms with E-state index in [0.29, 0.717) is 0 Å². The van der Waals surface area contributed by atoms with Crippen LogP contribution in [0.5, 0.6) is 0 Å². The molecule has 0 atom stereocenters. The van der Waals surface area contributed by atoms with Crippen LogP contribution in [0, 0.1) is 5.92 Å². The predicted molar refractivity (Wildman–Crippen MR) is 65.4 cm³/mol. The average molecular weight is 241 g/mol. The lowest BCUT2D eigenvalue weighted by molar-refractivity contribution is 0.323. The van der Waals surface area contributed by atoms with Gasteiger partial charge in [-0.05, 0) is 44.5 Å². The van der Waals surface area contributed by atoms with Gasteiger partial charge >= 0.3 is 0 Å². The minimum atomic E-state index is 0.808. The first-order valence-electron chi connectivity index (χ1n) is 5.89. The van der Waals surface area contributed by atoms with E-state index >= 15 is 0 Å². The summed E-state index contributed by atoms with van der Waals surface area (Å²) in [5.74, 6) is 3.31. The molecule has 1 aromatic rings. The van der Waals surface area contributed by atoms with Crippen LogP contribution in [0.25, 0.3) is 0 Å². The Kier molecular flexibility index (Phi) is 4.66. The molecule has 0 spiro atoms. The first-order chi connectivity index (χ1) is 7.88. The minimum absolute atomic E-state index is 0.808. The summed E-state index contributed by atoms with van der Waals surface area (Å²) in [7, 11) is 0. The molecule has 0 radical (unpaired) electrons. The largest absolute Gasteiger partial charge is 0.339 e. The van der Waals surface area contributed by atoms with Gasteiger partial charge in [-0.15, -0.1) is 0 Å². The van der Waals surface area contributed by atoms with Gasteiger partial charge in [0.15, 0.2) is 5.82 Å². The predicted octanol–water partition coefficient (Wildman–Crippen LogP) is 1.86. The summed E-state index contributed by atoms with van der Waals surface area (Å²) in [5.41, 5.74) is 0. The van der Waals surface area contributed by atoms with E-state index in [9.17, 15) is 0 Å². The van der Waals surface area contributed by atoms with E-state index in [1.165, 1.54) is 19.3 Å². The molecule has 1 aliphatic heterocycles. The van der Waals surface area contributed by atoms with Gasteiger partial charge in [0.2, 0.25) is 5.89 Å². The Morgan fingerprint density at radius 1 is 1.44 bits per heavy atom. The molecule has 0 aliphatic carbocycles. The van der Waals surface area contributed by atoms with Gasteiger partial charge in [-0.25, -0.2) is 0 Å². The summed E-state index contributed by atoms with van der Waals surface area (Å²) in [6, 6.07) is 0. The maximum Gasteiger partial charge on any atom is 0.226 e. The van der Waals surface area contributed by atoms with Crippen molar-refractivity contribution in [3.05, 3.63) is 11.7 Å². The molecule has 5 heteroatoms. The van der Waals surface area contributed by atoms with Crippen molar-refractivity contribution in [1.29, 1.82) is 0 Å². The third kappa shape index (κ3) is 3.49. The third-order valence-corrected chi connectivity index (χ3v) is 3.56. The van der Waals surface area contributed by atoms with Crippen LogP contribution < -0.4 is 5.32 Å². The zero-order valence-electron chi connectivity index (χ0n) is 9.74. The van der Waals surface area contributed by atoms with Gasteiger partial charge in [-0.3, -0.25) is 0 Å². The first kappa shape index (κ1) is 11.9. The summed E-state index contributed by atoms with van der Waals surface area (Å²) in [4.78, 5) is 4.37. The Balaban J connectivity index is 1.75. The highest BCUT2D eigenvalue weighted by molar-refractivity contribution is 7.97. The normalized spacial score (nSPS) is 17.8. The molecule has 1 saturated heterocycles. The number of aryl methyl sites for hydroxylation is 1. The summed E-state index contributed by atoms with van der Waals surface area (Å²) in [5, 5.41) is 7.33. The maximum atomic E-state index is 5.22. The topological polar surface area (TPSA) is 51.0 Å². The van der Waals surface area contributed by atoms with Crippen LogP contribution in [0.1, 0.15) is 31.0 Å². The van der Waals surface area contributed by atoms with E-state index < -0.39 is 0 Å². The molecule has 0 bridgehead atoms. The van der Waals surface area contributed by atoms with Crippen LogP contribution in [-0.4, -0.2) is 29.5 Å². The van der Waals surface area contributed by atoms with Gasteiger partial charge in [0.25, 0.3) is 0 Å². The highest BCUT2D eigenvalue weighted by Crippen LogP contribution is 2.18. The summed E-state index contributed by atoms with van der Waals surface area (Å²) < 4.78 is 5.22. The zero-order chi connectivity index (χ0) is 11.2. The van der Waals surface area contributed by atoms with E-state index in [-0.39, 0.29) is 0 Å². The monoisotopic (exact) mass is 241 g/mol. The van der Waals surface area contributed by atoms with Crippen molar-refractivity contribution in [2.75, 3.05) is 19.3 Å². The van der Waals surface area contributed by atoms with E-state index in [1.54, 1.807) is 11.8 Å². The van der Waals surface area contributed by atoms with Crippen molar-refractivity contribution in [1.82, 2.24) is 15.5 Å². The Bertz CT molecular complexity index is 310. The molecule has 0 unspecified atom stereocenters. The SMILES string of the molecule is CSCc1noc(CCC2CCNCC2)n1. The number of nitrogens with one attached hydrogen (secondary N) is 1. The summed E-state index contributed by atoms with van der Waals surface area (Å²) in [6.45, 7) is 2.32. The van der Waals surface area contributed by atoms with Crippen molar-refractivity contribution in [3.8, 4) is 0 Å². The van der Waals surface area contributed by atoms with Crippen molar-refractivity contribution >= 4 is 11.8 Å². The Labute approximate surface area is 101 Å². The molecule has 1 aromatic heterocycles. The zero-order valence-corrected chi connectivity index (χ0v) is 10.6. The van der Waals surface area contributed by atoms with Crippen LogP contribution in [0.4, 0.5) is 0 Å². The number of thioether (sulfide) groups is 1. The van der Waals surface area contributed by atoms with Crippen LogP contribution in [0.15, 0.2) is 4.52 Å². The number of aromatic nitrogens is 2. The van der Waals surface area contributed by atoms with Gasteiger partial charge in [0, 0.05) is 6.42 Å². The van der Waals surface area contributed by atoms with Gasteiger partial charge < -0.3 is 9.84 Å². The number of hydrogen-bond acceptors (Lipinski definition) is 5. The lowest BCUT2D eigenvalue weighted by Gasteiger charge is -2.21. The quantitative estimate of drug-likeness (QED) is 0.853. The summed E-state index contributed by atoms with van der Waals surface area (Å²) in [6.07, 6.45) is 6.73. The fourth-order valence-electron chi connectivity index (χ4n) is 2.08. The highest BCUT2D eigenvalue weighted by atomic mass is 32.2. The number of hydrogen-bond donors (Lipinski definition) is 1. The molecule has 0 amide bonds. The standard InChI is InChI=1S/C11H19N3OS/c1-16-8-10-13-11(15-14-10)3-2-9-4-6-12-7-5-9/h9,12H,2-8H2,1H3. The smallest absolute Gasteiger partial charge is 0.226 e. The molecule has 1 N–H and O–H groups in total. The number of nitrogens with zero attached hydrogens (tertiary/aromatic N) is 2. The fraction of sp³-hybridized carbons (Fsp3) is 0.818. The van der Waals surface area contributed by atoms with Crippen molar-refractivity contribution in [3.63, 3.8) is 0 Å². The van der Waals surface area contributed by atoms with Crippen LogP contribution in [0.2, 0.25) is 0 Å². The fourth-order valence-corrected chi connectivity index (χ4v) is 2.45. The van der Waals surface area contributed by atoms with Crippen LogP contribution in [-0.2, 0) is 12.2 Å². The molecule has 1 fully saturated rings. The van der Waals surface area contributed by atoms with Gasteiger partial charge in [0.05, 0.1) is 5.75 Å². The van der Waals surface area contributed by atoms with Crippen molar-refractivity contribution in [2.45, 2.75) is 31.4 Å². The molecule has 2 heterocycles. The molecule has 4 nitrogen and oxygen atoms in total. The number of rotatable bonds is 5. The molecule has 16 heavy (non-hydrogen) atoms. The summed E-state index contributed by atoms with van der Waals surface area (Å²) >= 11 is 1.72. The van der Waals surface area contributed by atoms with Gasteiger partial charge in [0.1, 0.15) is 0 Å². The van der Waals surface area contributed by atoms with Crippen molar-refractivity contribution < 1.29 is 4.52 Å². The van der Waals surface area contributed by atoms with E-state index in [1.807, 2.05) is 6.26 Å². The molecule has 0 aromatic carbocycles. The highest BCUT2D eigenvalue weighted by Gasteiger charge is 2.14. The Morgan fingerprint density at radius 2 is 2.25 bits per heavy atom. The Hall–Kier alpha value is -0.550. The van der Waals surface area contributed by atoms with Gasteiger partial charge in [-0.2, -0.15) is 16.7 Å². The van der Waals surface area contributed by atoms with Crippen molar-refractivity contribution in [2.24, 2.45) is 5.92 Å². The number of piperidine rings is 1. The maximum absolute atomic E-state index is 5.22. The molecular weight excluding hydrogens is 222 g/mol. The average Bonchev–Trinajstić information content (AvgIpc) is 2.76. The first-order valence-corrected chi connectivity index (χ1v) is 7.29.